The first-order valence-electron chi connectivity index (χ1n) is 13.7. The van der Waals surface area contributed by atoms with E-state index < -0.39 is 5.76 Å². The van der Waals surface area contributed by atoms with Crippen molar-refractivity contribution in [3.63, 3.8) is 0 Å². The van der Waals surface area contributed by atoms with Crippen LogP contribution in [-0.2, 0) is 6.54 Å². The zero-order valence-corrected chi connectivity index (χ0v) is 22.9. The van der Waals surface area contributed by atoms with Gasteiger partial charge in [-0.3, -0.25) is 0 Å². The van der Waals surface area contributed by atoms with Crippen LogP contribution < -0.4 is 16.4 Å². The van der Waals surface area contributed by atoms with Gasteiger partial charge in [0.05, 0.1) is 17.2 Å². The zero-order valence-electron chi connectivity index (χ0n) is 22.1. The Balaban J connectivity index is 1.45. The Morgan fingerprint density at radius 3 is 2.58 bits per heavy atom. The fraction of sp³-hybridized carbons (Fsp3) is 0.615. The number of H-pyrrole nitrogens is 1. The number of nitrogens with one attached hydrogen (secondary N) is 3. The van der Waals surface area contributed by atoms with Crippen molar-refractivity contribution in [2.75, 3.05) is 10.6 Å². The Bertz CT molecular complexity index is 1430. The summed E-state index contributed by atoms with van der Waals surface area (Å²) in [5.41, 5.74) is 4.25. The molecule has 0 bridgehead atoms. The van der Waals surface area contributed by atoms with Crippen LogP contribution in [0.2, 0.25) is 0 Å². The van der Waals surface area contributed by atoms with Crippen LogP contribution in [0.5, 0.6) is 0 Å². The van der Waals surface area contributed by atoms with E-state index in [9.17, 15) is 4.79 Å². The Kier molecular flexibility index (Phi) is 6.89. The van der Waals surface area contributed by atoms with Crippen LogP contribution in [0.3, 0.4) is 0 Å². The van der Waals surface area contributed by atoms with Crippen molar-refractivity contribution in [1.82, 2.24) is 34.6 Å². The van der Waals surface area contributed by atoms with Crippen LogP contribution in [0.4, 0.5) is 11.8 Å². The quantitative estimate of drug-likeness (QED) is 0.262. The first-order valence-corrected chi connectivity index (χ1v) is 14.6. The molecule has 4 aromatic rings. The highest BCUT2D eigenvalue weighted by Gasteiger charge is 2.29. The van der Waals surface area contributed by atoms with Crippen molar-refractivity contribution in [3.05, 3.63) is 27.1 Å². The first-order chi connectivity index (χ1) is 18.4. The third kappa shape index (κ3) is 5.05. The number of rotatable bonds is 9. The molecular formula is C26H35N9O2S. The van der Waals surface area contributed by atoms with Crippen LogP contribution in [0.1, 0.15) is 77.5 Å². The SMILES string of the molecule is CC1CCC(Cn2c(NC(C)c3cscn3)nc3nc(-c4nc(=O)o[nH]4)nc(N[C@H](C)C4CCC4)c32)CC1. The van der Waals surface area contributed by atoms with Crippen LogP contribution in [0.15, 0.2) is 20.2 Å². The molecule has 2 aliphatic carbocycles. The van der Waals surface area contributed by atoms with Gasteiger partial charge in [0, 0.05) is 18.0 Å². The van der Waals surface area contributed by atoms with E-state index in [4.69, 9.17) is 19.5 Å². The Hall–Kier alpha value is -3.28. The topological polar surface area (TPSA) is 139 Å². The second-order valence-corrected chi connectivity index (χ2v) is 11.8. The number of hydrogen-bond donors (Lipinski definition) is 3. The lowest BCUT2D eigenvalue weighted by atomic mass is 9.80. The van der Waals surface area contributed by atoms with E-state index in [1.807, 2.05) is 5.51 Å². The Labute approximate surface area is 224 Å². The van der Waals surface area contributed by atoms with E-state index in [-0.39, 0.29) is 23.7 Å². The van der Waals surface area contributed by atoms with Crippen molar-refractivity contribution in [3.8, 4) is 11.6 Å². The molecule has 4 aromatic heterocycles. The number of fused-ring (bicyclic) bond motifs is 1. The summed E-state index contributed by atoms with van der Waals surface area (Å²) < 4.78 is 7.07. The van der Waals surface area contributed by atoms with Crippen LogP contribution in [0.25, 0.3) is 22.8 Å². The molecule has 11 nitrogen and oxygen atoms in total. The van der Waals surface area contributed by atoms with E-state index in [1.54, 1.807) is 11.3 Å². The molecule has 4 heterocycles. The van der Waals surface area contributed by atoms with Crippen molar-refractivity contribution >= 4 is 34.3 Å². The molecule has 6 rings (SSSR count). The number of thiazole rings is 1. The molecule has 0 aliphatic heterocycles. The first kappa shape index (κ1) is 25.0. The fourth-order valence-corrected chi connectivity index (χ4v) is 6.25. The number of nitrogens with zero attached hydrogens (tertiary/aromatic N) is 6. The molecule has 12 heteroatoms. The fourth-order valence-electron chi connectivity index (χ4n) is 5.60. The summed E-state index contributed by atoms with van der Waals surface area (Å²) in [7, 11) is 0. The largest absolute Gasteiger partial charge is 0.460 e. The van der Waals surface area contributed by atoms with Gasteiger partial charge in [-0.25, -0.2) is 19.7 Å². The van der Waals surface area contributed by atoms with E-state index in [0.717, 1.165) is 29.6 Å². The molecule has 0 saturated heterocycles. The zero-order chi connectivity index (χ0) is 26.2. The standard InChI is InChI=1S/C26H35N9O2S/c1-14-7-9-17(10-8-14)11-35-20-21(28-15(2)18-5-4-6-18)30-23(24-33-26(36)37-34-24)31-22(20)32-25(35)29-16(3)19-12-38-13-27-19/h12-18H,4-11H2,1-3H3,(H,33,34,36)(H2,28,29,30,31,32)/t14?,15-,16?,17?/m1/s1. The maximum atomic E-state index is 11.6. The molecule has 0 aromatic carbocycles. The highest BCUT2D eigenvalue weighted by atomic mass is 32.1. The second kappa shape index (κ2) is 10.5. The minimum atomic E-state index is -0.711. The lowest BCUT2D eigenvalue weighted by Crippen LogP contribution is -2.31. The third-order valence-corrected chi connectivity index (χ3v) is 8.90. The Morgan fingerprint density at radius 2 is 1.92 bits per heavy atom. The van der Waals surface area contributed by atoms with E-state index in [2.05, 4.69) is 56.5 Å². The third-order valence-electron chi connectivity index (χ3n) is 8.29. The smallest absolute Gasteiger partial charge is 0.365 e. The number of anilines is 2. The summed E-state index contributed by atoms with van der Waals surface area (Å²) in [6, 6.07) is 0.225. The maximum Gasteiger partial charge on any atom is 0.460 e. The molecule has 2 atom stereocenters. The molecular weight excluding hydrogens is 502 g/mol. The predicted molar refractivity (Wildman–Crippen MR) is 147 cm³/mol. The highest BCUT2D eigenvalue weighted by Crippen LogP contribution is 2.36. The van der Waals surface area contributed by atoms with Crippen LogP contribution >= 0.6 is 11.3 Å². The number of aromatic amines is 1. The van der Waals surface area contributed by atoms with Gasteiger partial charge in [-0.05, 0) is 57.3 Å². The van der Waals surface area contributed by atoms with Gasteiger partial charge in [-0.2, -0.15) is 10.1 Å². The lowest BCUT2D eigenvalue weighted by molar-refractivity contribution is 0.267. The van der Waals surface area contributed by atoms with Gasteiger partial charge < -0.3 is 19.7 Å². The summed E-state index contributed by atoms with van der Waals surface area (Å²) in [6.07, 6.45) is 8.58. The van der Waals surface area contributed by atoms with Gasteiger partial charge in [-0.15, -0.1) is 16.3 Å². The minimum absolute atomic E-state index is 0.0205. The monoisotopic (exact) mass is 537 g/mol. The summed E-state index contributed by atoms with van der Waals surface area (Å²) in [4.78, 5) is 34.6. The van der Waals surface area contributed by atoms with Gasteiger partial charge in [0.25, 0.3) is 0 Å². The molecule has 0 spiro atoms. The van der Waals surface area contributed by atoms with E-state index in [0.29, 0.717) is 23.3 Å². The van der Waals surface area contributed by atoms with Gasteiger partial charge in [0.15, 0.2) is 11.5 Å². The molecule has 2 saturated carbocycles. The molecule has 2 aliphatic rings. The van der Waals surface area contributed by atoms with Crippen molar-refractivity contribution in [2.45, 2.75) is 84.3 Å². The van der Waals surface area contributed by atoms with Gasteiger partial charge in [-0.1, -0.05) is 26.2 Å². The minimum Gasteiger partial charge on any atom is -0.365 e. The highest BCUT2D eigenvalue weighted by molar-refractivity contribution is 7.07. The molecule has 3 N–H and O–H groups in total. The number of imidazole rings is 1. The second-order valence-electron chi connectivity index (χ2n) is 11.1. The normalized spacial score (nSPS) is 21.8. The van der Waals surface area contributed by atoms with Crippen molar-refractivity contribution < 1.29 is 4.52 Å². The summed E-state index contributed by atoms with van der Waals surface area (Å²) >= 11 is 1.58. The number of aromatic nitrogens is 7. The average Bonchev–Trinajstić information content (AvgIpc) is 3.60. The average molecular weight is 538 g/mol. The summed E-state index contributed by atoms with van der Waals surface area (Å²) in [6.45, 7) is 7.49. The molecule has 0 radical (unpaired) electrons. The van der Waals surface area contributed by atoms with Gasteiger partial charge >= 0.3 is 5.76 Å². The van der Waals surface area contributed by atoms with Gasteiger partial charge in [0.1, 0.15) is 5.52 Å². The molecule has 202 valence electrons. The molecule has 38 heavy (non-hydrogen) atoms. The predicted octanol–water partition coefficient (Wildman–Crippen LogP) is 5.23. The van der Waals surface area contributed by atoms with Crippen molar-refractivity contribution in [1.29, 1.82) is 0 Å². The number of hydrogen-bond acceptors (Lipinski definition) is 10. The van der Waals surface area contributed by atoms with Crippen LogP contribution in [0, 0.1) is 17.8 Å². The van der Waals surface area contributed by atoms with E-state index in [1.165, 1.54) is 44.9 Å². The molecule has 1 unspecified atom stereocenters. The molecule has 2 fully saturated rings. The lowest BCUT2D eigenvalue weighted by Gasteiger charge is -2.32. The van der Waals surface area contributed by atoms with E-state index >= 15 is 0 Å². The maximum absolute atomic E-state index is 11.6. The Morgan fingerprint density at radius 1 is 1.11 bits per heavy atom. The summed E-state index contributed by atoms with van der Waals surface area (Å²) in [5, 5.41) is 11.9. The summed E-state index contributed by atoms with van der Waals surface area (Å²) in [5.74, 6) is 3.16. The van der Waals surface area contributed by atoms with Crippen LogP contribution in [-0.4, -0.2) is 40.7 Å². The van der Waals surface area contributed by atoms with Crippen molar-refractivity contribution in [2.24, 2.45) is 17.8 Å². The molecule has 0 amide bonds. The van der Waals surface area contributed by atoms with Gasteiger partial charge in [0.2, 0.25) is 17.6 Å².